The number of nitrogens with zero attached hydrogens (tertiary/aromatic N) is 2. The van der Waals surface area contributed by atoms with Gasteiger partial charge in [-0.05, 0) is 36.8 Å². The van der Waals surface area contributed by atoms with Crippen molar-refractivity contribution in [2.24, 2.45) is 0 Å². The van der Waals surface area contributed by atoms with E-state index in [-0.39, 0.29) is 0 Å². The quantitative estimate of drug-likeness (QED) is 0.717. The number of imidazole rings is 1. The summed E-state index contributed by atoms with van der Waals surface area (Å²) in [5.41, 5.74) is 3.26. The van der Waals surface area contributed by atoms with Crippen LogP contribution in [0.2, 0.25) is 0 Å². The van der Waals surface area contributed by atoms with Crippen molar-refractivity contribution < 1.29 is 4.74 Å². The van der Waals surface area contributed by atoms with Crippen molar-refractivity contribution in [3.05, 3.63) is 78.4 Å². The fourth-order valence-electron chi connectivity index (χ4n) is 2.02. The fourth-order valence-corrected chi connectivity index (χ4v) is 2.02. The monoisotopic (exact) mass is 264 g/mol. The number of benzene rings is 2. The van der Waals surface area contributed by atoms with Gasteiger partial charge in [0.05, 0.1) is 12.0 Å². The Hall–Kier alpha value is -2.55. The lowest BCUT2D eigenvalue weighted by molar-refractivity contribution is 0.306. The summed E-state index contributed by atoms with van der Waals surface area (Å²) in [4.78, 5) is 4.22. The van der Waals surface area contributed by atoms with Crippen molar-refractivity contribution >= 4 is 0 Å². The van der Waals surface area contributed by atoms with E-state index in [0.717, 1.165) is 17.1 Å². The molecule has 0 saturated carbocycles. The van der Waals surface area contributed by atoms with Gasteiger partial charge in [0.15, 0.2) is 0 Å². The Bertz CT molecular complexity index is 672. The van der Waals surface area contributed by atoms with Gasteiger partial charge >= 0.3 is 0 Å². The minimum atomic E-state index is 0.588. The number of hydrogen-bond donors (Lipinski definition) is 0. The van der Waals surface area contributed by atoms with E-state index in [9.17, 15) is 0 Å². The van der Waals surface area contributed by atoms with Crippen LogP contribution >= 0.6 is 0 Å². The van der Waals surface area contributed by atoms with Crippen molar-refractivity contribution in [2.45, 2.75) is 13.5 Å². The lowest BCUT2D eigenvalue weighted by Crippen LogP contribution is -1.95. The van der Waals surface area contributed by atoms with Crippen LogP contribution in [0.3, 0.4) is 0 Å². The predicted molar refractivity (Wildman–Crippen MR) is 79.1 cm³/mol. The van der Waals surface area contributed by atoms with Crippen molar-refractivity contribution in [1.29, 1.82) is 0 Å². The standard InChI is InChI=1S/C17H16N2O/c1-14-11-19(13-18-14)16-7-9-17(10-8-16)20-12-15-5-3-2-4-6-15/h2-11,13H,12H2,1H3. The molecule has 3 heteroatoms. The Morgan fingerprint density at radius 1 is 1.00 bits per heavy atom. The molecule has 3 aromatic rings. The molecular weight excluding hydrogens is 248 g/mol. The molecule has 0 saturated heterocycles. The molecule has 0 atom stereocenters. The lowest BCUT2D eigenvalue weighted by atomic mass is 10.2. The molecule has 0 aliphatic rings. The zero-order valence-corrected chi connectivity index (χ0v) is 11.4. The molecular formula is C17H16N2O. The Morgan fingerprint density at radius 2 is 1.75 bits per heavy atom. The molecule has 100 valence electrons. The van der Waals surface area contributed by atoms with Gasteiger partial charge in [-0.1, -0.05) is 30.3 Å². The van der Waals surface area contributed by atoms with Crippen LogP contribution in [0.4, 0.5) is 0 Å². The number of aromatic nitrogens is 2. The molecule has 0 bridgehead atoms. The number of rotatable bonds is 4. The fraction of sp³-hybridized carbons (Fsp3) is 0.118. The van der Waals surface area contributed by atoms with Crippen molar-refractivity contribution in [1.82, 2.24) is 9.55 Å². The van der Waals surface area contributed by atoms with E-state index in [4.69, 9.17) is 4.74 Å². The number of hydrogen-bond acceptors (Lipinski definition) is 2. The molecule has 0 radical (unpaired) electrons. The van der Waals surface area contributed by atoms with Crippen LogP contribution in [0, 0.1) is 6.92 Å². The van der Waals surface area contributed by atoms with E-state index < -0.39 is 0 Å². The van der Waals surface area contributed by atoms with Crippen LogP contribution < -0.4 is 4.74 Å². The highest BCUT2D eigenvalue weighted by molar-refractivity contribution is 5.37. The zero-order valence-electron chi connectivity index (χ0n) is 11.4. The minimum Gasteiger partial charge on any atom is -0.489 e. The Labute approximate surface area is 118 Å². The van der Waals surface area contributed by atoms with Gasteiger partial charge in [0.1, 0.15) is 12.4 Å². The van der Waals surface area contributed by atoms with Crippen molar-refractivity contribution in [3.63, 3.8) is 0 Å². The molecule has 0 unspecified atom stereocenters. The molecule has 20 heavy (non-hydrogen) atoms. The highest BCUT2D eigenvalue weighted by Crippen LogP contribution is 2.17. The van der Waals surface area contributed by atoms with Gasteiger partial charge in [0, 0.05) is 11.9 Å². The maximum Gasteiger partial charge on any atom is 0.119 e. The molecule has 0 aliphatic carbocycles. The summed E-state index contributed by atoms with van der Waals surface area (Å²) >= 11 is 0. The summed E-state index contributed by atoms with van der Waals surface area (Å²) in [6, 6.07) is 18.2. The molecule has 3 nitrogen and oxygen atoms in total. The third-order valence-corrected chi connectivity index (χ3v) is 3.09. The minimum absolute atomic E-state index is 0.588. The van der Waals surface area contributed by atoms with Gasteiger partial charge in [-0.25, -0.2) is 4.98 Å². The van der Waals surface area contributed by atoms with Gasteiger partial charge in [0.25, 0.3) is 0 Å². The second-order valence-electron chi connectivity index (χ2n) is 4.69. The highest BCUT2D eigenvalue weighted by atomic mass is 16.5. The van der Waals surface area contributed by atoms with Crippen LogP contribution in [0.25, 0.3) is 5.69 Å². The average molecular weight is 264 g/mol. The Balaban J connectivity index is 1.67. The van der Waals surface area contributed by atoms with Crippen molar-refractivity contribution in [3.8, 4) is 11.4 Å². The Morgan fingerprint density at radius 3 is 2.40 bits per heavy atom. The van der Waals surface area contributed by atoms with Gasteiger partial charge in [-0.15, -0.1) is 0 Å². The largest absolute Gasteiger partial charge is 0.489 e. The van der Waals surface area contributed by atoms with Gasteiger partial charge in [-0.2, -0.15) is 0 Å². The van der Waals surface area contributed by atoms with E-state index in [0.29, 0.717) is 6.61 Å². The summed E-state index contributed by atoms with van der Waals surface area (Å²) in [6.45, 7) is 2.57. The maximum absolute atomic E-state index is 5.76. The zero-order chi connectivity index (χ0) is 13.8. The third kappa shape index (κ3) is 2.88. The lowest BCUT2D eigenvalue weighted by Gasteiger charge is -2.07. The van der Waals surface area contributed by atoms with Crippen LogP contribution in [-0.2, 0) is 6.61 Å². The second kappa shape index (κ2) is 5.61. The molecule has 2 aromatic carbocycles. The highest BCUT2D eigenvalue weighted by Gasteiger charge is 1.99. The van der Waals surface area contributed by atoms with Crippen LogP contribution in [0.15, 0.2) is 67.1 Å². The van der Waals surface area contributed by atoms with E-state index in [1.807, 2.05) is 66.5 Å². The smallest absolute Gasteiger partial charge is 0.119 e. The van der Waals surface area contributed by atoms with Crippen molar-refractivity contribution in [2.75, 3.05) is 0 Å². The average Bonchev–Trinajstić information content (AvgIpc) is 2.93. The number of ether oxygens (including phenoxy) is 1. The predicted octanol–water partition coefficient (Wildman–Crippen LogP) is 3.76. The topological polar surface area (TPSA) is 27.1 Å². The molecule has 1 aromatic heterocycles. The summed E-state index contributed by atoms with van der Waals surface area (Å²) in [6.07, 6.45) is 3.81. The summed E-state index contributed by atoms with van der Waals surface area (Å²) in [5, 5.41) is 0. The Kier molecular flexibility index (Phi) is 3.50. The van der Waals surface area contributed by atoms with Crippen LogP contribution in [-0.4, -0.2) is 9.55 Å². The first-order valence-electron chi connectivity index (χ1n) is 6.59. The van der Waals surface area contributed by atoms with E-state index in [1.165, 1.54) is 5.56 Å². The van der Waals surface area contributed by atoms with Gasteiger partial charge in [-0.3, -0.25) is 0 Å². The van der Waals surface area contributed by atoms with E-state index in [1.54, 1.807) is 0 Å². The van der Waals surface area contributed by atoms with Crippen LogP contribution in [0.1, 0.15) is 11.3 Å². The SMILES string of the molecule is Cc1cn(-c2ccc(OCc3ccccc3)cc2)cn1. The maximum atomic E-state index is 5.76. The summed E-state index contributed by atoms with van der Waals surface area (Å²) < 4.78 is 7.76. The number of aryl methyl sites for hydroxylation is 1. The molecule has 0 amide bonds. The van der Waals surface area contributed by atoms with Gasteiger partial charge in [0.2, 0.25) is 0 Å². The third-order valence-electron chi connectivity index (χ3n) is 3.09. The summed E-state index contributed by atoms with van der Waals surface area (Å²) in [7, 11) is 0. The van der Waals surface area contributed by atoms with Gasteiger partial charge < -0.3 is 9.30 Å². The van der Waals surface area contributed by atoms with E-state index in [2.05, 4.69) is 17.1 Å². The molecule has 3 rings (SSSR count). The molecule has 0 fully saturated rings. The first kappa shape index (κ1) is 12.5. The normalized spacial score (nSPS) is 10.4. The summed E-state index contributed by atoms with van der Waals surface area (Å²) in [5.74, 6) is 0.870. The molecule has 0 N–H and O–H groups in total. The molecule has 0 spiro atoms. The molecule has 0 aliphatic heterocycles. The second-order valence-corrected chi connectivity index (χ2v) is 4.69. The van der Waals surface area contributed by atoms with E-state index >= 15 is 0 Å². The van der Waals surface area contributed by atoms with Crippen LogP contribution in [0.5, 0.6) is 5.75 Å². The first-order chi connectivity index (χ1) is 9.81. The first-order valence-corrected chi connectivity index (χ1v) is 6.59. The molecule has 1 heterocycles.